The summed E-state index contributed by atoms with van der Waals surface area (Å²) in [6.45, 7) is 0.501. The lowest BCUT2D eigenvalue weighted by molar-refractivity contribution is 0.0946. The molecule has 5 nitrogen and oxygen atoms in total. The third-order valence-electron chi connectivity index (χ3n) is 1.90. The first-order valence-corrected chi connectivity index (χ1v) is 6.04. The van der Waals surface area contributed by atoms with E-state index < -0.39 is 0 Å². The fraction of sp³-hybridized carbons (Fsp3) is 0.222. The number of amides is 1. The Labute approximate surface area is 106 Å². The highest BCUT2D eigenvalue weighted by atomic mass is 79.9. The molecule has 2 heterocycles. The average Bonchev–Trinajstić information content (AvgIpc) is 2.68. The number of pyridine rings is 1. The van der Waals surface area contributed by atoms with E-state index in [1.807, 2.05) is 6.07 Å². The van der Waals surface area contributed by atoms with Crippen molar-refractivity contribution in [3.05, 3.63) is 28.6 Å². The molecule has 0 radical (unpaired) electrons. The Morgan fingerprint density at radius 2 is 2.38 bits per heavy atom. The van der Waals surface area contributed by atoms with Crippen molar-refractivity contribution in [1.29, 1.82) is 0 Å². The fourth-order valence-corrected chi connectivity index (χ4v) is 1.64. The third-order valence-corrected chi connectivity index (χ3v) is 2.59. The third kappa shape index (κ3) is 2.35. The summed E-state index contributed by atoms with van der Waals surface area (Å²) >= 11 is 7.33. The van der Waals surface area contributed by atoms with Crippen molar-refractivity contribution in [2.24, 2.45) is 0 Å². The van der Waals surface area contributed by atoms with Gasteiger partial charge >= 0.3 is 0 Å². The van der Waals surface area contributed by atoms with E-state index in [1.165, 1.54) is 0 Å². The molecule has 0 bridgehead atoms. The van der Waals surface area contributed by atoms with Crippen LogP contribution in [0.5, 0.6) is 0 Å². The Bertz CT molecular complexity index is 527. The molecule has 0 aliphatic carbocycles. The molecule has 0 saturated carbocycles. The molecule has 84 valence electrons. The number of carbonyl (C=O) groups excluding carboxylic acids is 1. The fourth-order valence-electron chi connectivity index (χ4n) is 1.20. The molecule has 2 rings (SSSR count). The molecular formula is C9H9BrN4OS. The lowest BCUT2D eigenvalue weighted by Gasteiger charge is -1.96. The lowest BCUT2D eigenvalue weighted by Crippen LogP contribution is -2.26. The molecular weight excluding hydrogens is 292 g/mol. The zero-order valence-corrected chi connectivity index (χ0v) is 10.7. The topological polar surface area (TPSA) is 59.3 Å². The Morgan fingerprint density at radius 1 is 1.56 bits per heavy atom. The summed E-state index contributed by atoms with van der Waals surface area (Å²) in [6, 6.07) is 3.63. The first kappa shape index (κ1) is 11.4. The second-order valence-electron chi connectivity index (χ2n) is 3.07. The van der Waals surface area contributed by atoms with Gasteiger partial charge in [-0.2, -0.15) is 12.6 Å². The number of hydrogen-bond donors (Lipinski definition) is 2. The summed E-state index contributed by atoms with van der Waals surface area (Å²) in [6.07, 6.45) is 1.75. The zero-order valence-electron chi connectivity index (χ0n) is 8.22. The van der Waals surface area contributed by atoms with Gasteiger partial charge in [0, 0.05) is 23.0 Å². The predicted molar refractivity (Wildman–Crippen MR) is 66.9 cm³/mol. The van der Waals surface area contributed by atoms with Gasteiger partial charge < -0.3 is 5.32 Å². The molecule has 7 heteroatoms. The van der Waals surface area contributed by atoms with E-state index in [0.717, 1.165) is 4.47 Å². The SMILES string of the molecule is O=C(NCCS)c1nc2ccc(Br)cn2n1. The Balaban J connectivity index is 2.28. The van der Waals surface area contributed by atoms with Gasteiger partial charge in [0.15, 0.2) is 5.65 Å². The van der Waals surface area contributed by atoms with Gasteiger partial charge in [-0.15, -0.1) is 5.10 Å². The van der Waals surface area contributed by atoms with Crippen LogP contribution in [0.25, 0.3) is 5.65 Å². The summed E-state index contributed by atoms with van der Waals surface area (Å²) in [5.41, 5.74) is 0.638. The van der Waals surface area contributed by atoms with E-state index in [1.54, 1.807) is 16.8 Å². The second kappa shape index (κ2) is 4.84. The minimum atomic E-state index is -0.283. The molecule has 0 saturated heterocycles. The van der Waals surface area contributed by atoms with E-state index in [-0.39, 0.29) is 11.7 Å². The number of thiol groups is 1. The average molecular weight is 301 g/mol. The van der Waals surface area contributed by atoms with Crippen molar-refractivity contribution in [1.82, 2.24) is 19.9 Å². The molecule has 0 aromatic carbocycles. The van der Waals surface area contributed by atoms with Gasteiger partial charge in [-0.1, -0.05) is 0 Å². The number of carbonyl (C=O) groups is 1. The monoisotopic (exact) mass is 300 g/mol. The van der Waals surface area contributed by atoms with Crippen LogP contribution in [-0.2, 0) is 0 Å². The van der Waals surface area contributed by atoms with Gasteiger partial charge in [0.2, 0.25) is 5.82 Å². The van der Waals surface area contributed by atoms with Crippen LogP contribution in [-0.4, -0.2) is 32.8 Å². The molecule has 0 aliphatic rings. The molecule has 16 heavy (non-hydrogen) atoms. The van der Waals surface area contributed by atoms with Gasteiger partial charge in [0.1, 0.15) is 0 Å². The van der Waals surface area contributed by atoms with Crippen molar-refractivity contribution in [3.8, 4) is 0 Å². The van der Waals surface area contributed by atoms with Crippen LogP contribution in [0.1, 0.15) is 10.6 Å². The number of halogens is 1. The number of hydrogen-bond acceptors (Lipinski definition) is 4. The van der Waals surface area contributed by atoms with Crippen molar-refractivity contribution in [3.63, 3.8) is 0 Å². The highest BCUT2D eigenvalue weighted by Crippen LogP contribution is 2.10. The molecule has 0 atom stereocenters. The van der Waals surface area contributed by atoms with Crippen LogP contribution >= 0.6 is 28.6 Å². The van der Waals surface area contributed by atoms with E-state index in [0.29, 0.717) is 17.9 Å². The van der Waals surface area contributed by atoms with Crippen LogP contribution < -0.4 is 5.32 Å². The number of rotatable bonds is 3. The molecule has 0 spiro atoms. The van der Waals surface area contributed by atoms with Crippen LogP contribution in [0.2, 0.25) is 0 Å². The van der Waals surface area contributed by atoms with Gasteiger partial charge in [-0.25, -0.2) is 9.50 Å². The molecule has 1 N–H and O–H groups in total. The molecule has 1 amide bonds. The minimum Gasteiger partial charge on any atom is -0.348 e. The number of aromatic nitrogens is 3. The maximum atomic E-state index is 11.6. The summed E-state index contributed by atoms with van der Waals surface area (Å²) in [5.74, 6) is 0.471. The normalized spacial score (nSPS) is 10.6. The van der Waals surface area contributed by atoms with Crippen LogP contribution in [0.3, 0.4) is 0 Å². The zero-order chi connectivity index (χ0) is 11.5. The molecule has 0 fully saturated rings. The number of nitrogens with zero attached hydrogens (tertiary/aromatic N) is 3. The van der Waals surface area contributed by atoms with Gasteiger partial charge in [0.25, 0.3) is 5.91 Å². The maximum Gasteiger partial charge on any atom is 0.291 e. The Hall–Kier alpha value is -1.08. The highest BCUT2D eigenvalue weighted by Gasteiger charge is 2.11. The second-order valence-corrected chi connectivity index (χ2v) is 4.43. The largest absolute Gasteiger partial charge is 0.348 e. The van der Waals surface area contributed by atoms with Gasteiger partial charge in [0.05, 0.1) is 0 Å². The standard InChI is InChI=1S/C9H9BrN4OS/c10-6-1-2-7-12-8(13-14(7)5-6)9(15)11-3-4-16/h1-2,5,16H,3-4H2,(H,11,15). The van der Waals surface area contributed by atoms with E-state index in [9.17, 15) is 4.79 Å². The quantitative estimate of drug-likeness (QED) is 0.836. The van der Waals surface area contributed by atoms with E-state index in [4.69, 9.17) is 0 Å². The van der Waals surface area contributed by atoms with Crippen molar-refractivity contribution in [2.75, 3.05) is 12.3 Å². The van der Waals surface area contributed by atoms with Crippen LogP contribution in [0, 0.1) is 0 Å². The maximum absolute atomic E-state index is 11.6. The van der Waals surface area contributed by atoms with Gasteiger partial charge in [-0.3, -0.25) is 4.79 Å². The summed E-state index contributed by atoms with van der Waals surface area (Å²) in [4.78, 5) is 15.7. The molecule has 2 aromatic rings. The first-order chi connectivity index (χ1) is 7.70. The summed E-state index contributed by atoms with van der Waals surface area (Å²) in [5, 5.41) is 6.72. The van der Waals surface area contributed by atoms with E-state index in [2.05, 4.69) is 44.0 Å². The predicted octanol–water partition coefficient (Wildman–Crippen LogP) is 1.15. The first-order valence-electron chi connectivity index (χ1n) is 4.61. The van der Waals surface area contributed by atoms with Crippen molar-refractivity contribution >= 4 is 40.1 Å². The van der Waals surface area contributed by atoms with Crippen LogP contribution in [0.15, 0.2) is 22.8 Å². The summed E-state index contributed by atoms with van der Waals surface area (Å²) < 4.78 is 2.44. The Morgan fingerprint density at radius 3 is 3.12 bits per heavy atom. The van der Waals surface area contributed by atoms with Crippen molar-refractivity contribution < 1.29 is 4.79 Å². The number of fused-ring (bicyclic) bond motifs is 1. The van der Waals surface area contributed by atoms with Gasteiger partial charge in [-0.05, 0) is 28.1 Å². The van der Waals surface area contributed by atoms with E-state index >= 15 is 0 Å². The molecule has 0 aliphatic heterocycles. The van der Waals surface area contributed by atoms with Crippen molar-refractivity contribution in [2.45, 2.75) is 0 Å². The smallest absolute Gasteiger partial charge is 0.291 e. The molecule has 2 aromatic heterocycles. The Kier molecular flexibility index (Phi) is 3.45. The molecule has 0 unspecified atom stereocenters. The van der Waals surface area contributed by atoms with Crippen LogP contribution in [0.4, 0.5) is 0 Å². The minimum absolute atomic E-state index is 0.167. The lowest BCUT2D eigenvalue weighted by atomic mass is 10.5. The number of nitrogens with one attached hydrogen (secondary N) is 1. The highest BCUT2D eigenvalue weighted by molar-refractivity contribution is 9.10. The summed E-state index contributed by atoms with van der Waals surface area (Å²) in [7, 11) is 0.